The maximum Gasteiger partial charge on any atom is 0.309 e. The summed E-state index contributed by atoms with van der Waals surface area (Å²) in [5, 5.41) is 32.1. The van der Waals surface area contributed by atoms with Crippen LogP contribution in [-0.4, -0.2) is 81.6 Å². The van der Waals surface area contributed by atoms with Gasteiger partial charge in [-0.15, -0.1) is 0 Å². The van der Waals surface area contributed by atoms with Crippen LogP contribution in [0, 0.1) is 17.8 Å². The molecule has 0 aliphatic carbocycles. The molecular weight excluding hydrogens is 544 g/mol. The van der Waals surface area contributed by atoms with Crippen LogP contribution in [0.3, 0.4) is 0 Å². The molecule has 0 bridgehead atoms. The van der Waals surface area contributed by atoms with E-state index in [1.165, 1.54) is 19.9 Å². The number of hydrogen-bond acceptors (Lipinski definition) is 10. The molecule has 2 rings (SSSR count). The second-order valence-electron chi connectivity index (χ2n) is 12.1. The Morgan fingerprint density at radius 3 is 2.40 bits per heavy atom. The number of epoxide rings is 1. The standard InChI is InChI=1S/C32H50O10/c1-9-25(36)21(5)31-26(41-31)15-18(2)11-10-12-19(3)30-20(4)13-14-27(39-22(6)33)32(8,38)28(40-23(7)34)16-24(35)17-29(37)42-30/h10-14,18,20-21,24-28,30-31,35-36,38H,9,15-17H2,1-8H3/b11-10+,14-13+,19-12+. The lowest BCUT2D eigenvalue weighted by Crippen LogP contribution is -2.53. The smallest absolute Gasteiger partial charge is 0.309 e. The van der Waals surface area contributed by atoms with Crippen LogP contribution >= 0.6 is 0 Å². The number of ether oxygens (including phenoxy) is 4. The molecule has 10 heteroatoms. The second kappa shape index (κ2) is 15.8. The molecule has 0 aromatic rings. The van der Waals surface area contributed by atoms with E-state index < -0.39 is 53.8 Å². The average molecular weight is 595 g/mol. The molecule has 2 aliphatic rings. The van der Waals surface area contributed by atoms with Gasteiger partial charge in [0.05, 0.1) is 30.8 Å². The van der Waals surface area contributed by atoms with Crippen LogP contribution in [0.1, 0.15) is 81.1 Å². The molecule has 3 N–H and O–H groups in total. The largest absolute Gasteiger partial charge is 0.459 e. The van der Waals surface area contributed by atoms with E-state index in [-0.39, 0.29) is 43.0 Å². The molecule has 0 radical (unpaired) electrons. The minimum Gasteiger partial charge on any atom is -0.459 e. The Morgan fingerprint density at radius 1 is 1.17 bits per heavy atom. The first-order valence-corrected chi connectivity index (χ1v) is 14.9. The zero-order chi connectivity index (χ0) is 31.8. The second-order valence-corrected chi connectivity index (χ2v) is 12.1. The molecular formula is C32H50O10. The predicted octanol–water partition coefficient (Wildman–Crippen LogP) is 3.56. The Labute approximate surface area is 249 Å². The molecule has 2 heterocycles. The maximum absolute atomic E-state index is 12.8. The van der Waals surface area contributed by atoms with Gasteiger partial charge in [-0.25, -0.2) is 0 Å². The van der Waals surface area contributed by atoms with Crippen LogP contribution < -0.4 is 0 Å². The summed E-state index contributed by atoms with van der Waals surface area (Å²) in [6, 6.07) is 0. The lowest BCUT2D eigenvalue weighted by molar-refractivity contribution is -0.187. The molecule has 1 fully saturated rings. The van der Waals surface area contributed by atoms with Gasteiger partial charge >= 0.3 is 17.9 Å². The van der Waals surface area contributed by atoms with Gasteiger partial charge in [-0.1, -0.05) is 52.0 Å². The molecule has 0 aromatic carbocycles. The van der Waals surface area contributed by atoms with Crippen molar-refractivity contribution in [2.24, 2.45) is 17.8 Å². The van der Waals surface area contributed by atoms with Crippen molar-refractivity contribution in [1.29, 1.82) is 0 Å². The van der Waals surface area contributed by atoms with Gasteiger partial charge in [0, 0.05) is 32.1 Å². The lowest BCUT2D eigenvalue weighted by atomic mass is 9.86. The van der Waals surface area contributed by atoms with Crippen LogP contribution in [0.4, 0.5) is 0 Å². The van der Waals surface area contributed by atoms with Gasteiger partial charge < -0.3 is 34.3 Å². The third-order valence-electron chi connectivity index (χ3n) is 8.06. The quantitative estimate of drug-likeness (QED) is 0.113. The zero-order valence-corrected chi connectivity index (χ0v) is 26.2. The normalized spacial score (nSPS) is 35.6. The maximum atomic E-state index is 12.8. The number of aliphatic hydroxyl groups excluding tert-OH is 2. The van der Waals surface area contributed by atoms with E-state index in [0.29, 0.717) is 6.42 Å². The first kappa shape index (κ1) is 35.7. The number of esters is 3. The van der Waals surface area contributed by atoms with E-state index in [1.54, 1.807) is 6.08 Å². The molecule has 0 amide bonds. The van der Waals surface area contributed by atoms with Crippen LogP contribution in [0.5, 0.6) is 0 Å². The number of rotatable bonds is 10. The Bertz CT molecular complexity index is 1010. The number of carbonyl (C=O) groups excluding carboxylic acids is 3. The average Bonchev–Trinajstić information content (AvgIpc) is 3.65. The summed E-state index contributed by atoms with van der Waals surface area (Å²) in [6.07, 6.45) is 5.26. The molecule has 11 unspecified atom stereocenters. The van der Waals surface area contributed by atoms with E-state index in [1.807, 2.05) is 45.9 Å². The van der Waals surface area contributed by atoms with Crippen LogP contribution in [0.15, 0.2) is 36.0 Å². The Hall–Kier alpha value is -2.53. The first-order valence-electron chi connectivity index (χ1n) is 14.9. The van der Waals surface area contributed by atoms with Gasteiger partial charge in [0.1, 0.15) is 17.8 Å². The van der Waals surface area contributed by atoms with Crippen LogP contribution in [-0.2, 0) is 33.3 Å². The van der Waals surface area contributed by atoms with E-state index in [9.17, 15) is 29.7 Å². The van der Waals surface area contributed by atoms with Crippen molar-refractivity contribution in [3.05, 3.63) is 36.0 Å². The fourth-order valence-electron chi connectivity index (χ4n) is 5.36. The van der Waals surface area contributed by atoms with Gasteiger partial charge in [0.15, 0.2) is 6.10 Å². The van der Waals surface area contributed by atoms with Crippen molar-refractivity contribution in [1.82, 2.24) is 0 Å². The summed E-state index contributed by atoms with van der Waals surface area (Å²) >= 11 is 0. The fourth-order valence-corrected chi connectivity index (χ4v) is 5.36. The minimum atomic E-state index is -1.90. The highest BCUT2D eigenvalue weighted by atomic mass is 16.6. The molecule has 10 nitrogen and oxygen atoms in total. The lowest BCUT2D eigenvalue weighted by Gasteiger charge is -2.38. The van der Waals surface area contributed by atoms with E-state index >= 15 is 0 Å². The molecule has 11 atom stereocenters. The van der Waals surface area contributed by atoms with Crippen molar-refractivity contribution in [3.63, 3.8) is 0 Å². The summed E-state index contributed by atoms with van der Waals surface area (Å²) < 4.78 is 22.2. The zero-order valence-electron chi connectivity index (χ0n) is 26.2. The Morgan fingerprint density at radius 2 is 1.81 bits per heavy atom. The first-order chi connectivity index (χ1) is 19.6. The highest BCUT2D eigenvalue weighted by Gasteiger charge is 2.46. The SMILES string of the molecule is CCC(O)C(C)C1OC1CC(C)/C=C/C=C(\C)C1OC(=O)CC(O)CC(OC(C)=O)C(C)(O)C(OC(C)=O)/C=C/C1C. The fraction of sp³-hybridized carbons (Fsp3) is 0.719. The van der Waals surface area contributed by atoms with E-state index in [4.69, 9.17) is 18.9 Å². The molecule has 2 aliphatic heterocycles. The number of hydrogen-bond donors (Lipinski definition) is 3. The monoisotopic (exact) mass is 594 g/mol. The van der Waals surface area contributed by atoms with Gasteiger partial charge in [0.2, 0.25) is 0 Å². The predicted molar refractivity (Wildman–Crippen MR) is 156 cm³/mol. The van der Waals surface area contributed by atoms with Gasteiger partial charge in [-0.2, -0.15) is 0 Å². The molecule has 0 spiro atoms. The molecule has 0 saturated carbocycles. The Kier molecular flexibility index (Phi) is 13.4. The van der Waals surface area contributed by atoms with Crippen molar-refractivity contribution < 1.29 is 48.7 Å². The van der Waals surface area contributed by atoms with E-state index in [0.717, 1.165) is 18.9 Å². The van der Waals surface area contributed by atoms with Crippen molar-refractivity contribution >= 4 is 17.9 Å². The van der Waals surface area contributed by atoms with Crippen molar-refractivity contribution in [2.75, 3.05) is 0 Å². The third-order valence-corrected chi connectivity index (χ3v) is 8.06. The third kappa shape index (κ3) is 10.6. The summed E-state index contributed by atoms with van der Waals surface area (Å²) in [4.78, 5) is 36.4. The van der Waals surface area contributed by atoms with Gasteiger partial charge in [-0.3, -0.25) is 14.4 Å². The van der Waals surface area contributed by atoms with Crippen LogP contribution in [0.25, 0.3) is 0 Å². The number of allylic oxidation sites excluding steroid dienone is 3. The minimum absolute atomic E-state index is 0.0765. The van der Waals surface area contributed by atoms with Crippen LogP contribution in [0.2, 0.25) is 0 Å². The summed E-state index contributed by atoms with van der Waals surface area (Å²) in [6.45, 7) is 13.4. The summed E-state index contributed by atoms with van der Waals surface area (Å²) in [5.41, 5.74) is -1.14. The molecule has 1 saturated heterocycles. The summed E-state index contributed by atoms with van der Waals surface area (Å²) in [5.74, 6) is -2.07. The molecule has 238 valence electrons. The molecule has 0 aromatic heterocycles. The highest BCUT2D eigenvalue weighted by molar-refractivity contribution is 5.70. The highest BCUT2D eigenvalue weighted by Crippen LogP contribution is 2.36. The number of cyclic esters (lactones) is 1. The van der Waals surface area contributed by atoms with Crippen molar-refractivity contribution in [3.8, 4) is 0 Å². The number of carbonyl (C=O) groups is 3. The van der Waals surface area contributed by atoms with Gasteiger partial charge in [0.25, 0.3) is 0 Å². The van der Waals surface area contributed by atoms with E-state index in [2.05, 4.69) is 6.92 Å². The van der Waals surface area contributed by atoms with Crippen molar-refractivity contribution in [2.45, 2.75) is 129 Å². The Balaban J connectivity index is 2.23. The summed E-state index contributed by atoms with van der Waals surface area (Å²) in [7, 11) is 0. The number of aliphatic hydroxyl groups is 3. The molecule has 42 heavy (non-hydrogen) atoms. The topological polar surface area (TPSA) is 152 Å². The van der Waals surface area contributed by atoms with Gasteiger partial charge in [-0.05, 0) is 44.3 Å².